The van der Waals surface area contributed by atoms with E-state index in [0.29, 0.717) is 36.1 Å². The molecule has 6 rings (SSSR count). The molecule has 2 aliphatic rings. The largest absolute Gasteiger partial charge is 0.453 e. The summed E-state index contributed by atoms with van der Waals surface area (Å²) in [6.45, 7) is 12.9. The molecule has 0 bridgehead atoms. The van der Waals surface area contributed by atoms with Gasteiger partial charge >= 0.3 is 12.2 Å². The number of hydrogen-bond donors (Lipinski definition) is 4. The number of aromatic amines is 2. The Bertz CT molecular complexity index is 2150. The summed E-state index contributed by atoms with van der Waals surface area (Å²) in [5.41, 5.74) is 3.71. The van der Waals surface area contributed by atoms with Gasteiger partial charge in [0.05, 0.1) is 49.9 Å². The molecule has 15 heteroatoms. The molecule has 2 saturated heterocycles. The third kappa shape index (κ3) is 8.64. The van der Waals surface area contributed by atoms with Crippen LogP contribution in [0.3, 0.4) is 0 Å². The predicted octanol–water partition coefficient (Wildman–Crippen LogP) is 5.33. The summed E-state index contributed by atoms with van der Waals surface area (Å²) in [6.07, 6.45) is 3.65. The van der Waals surface area contributed by atoms with E-state index in [4.69, 9.17) is 19.4 Å². The van der Waals surface area contributed by atoms with Crippen LogP contribution in [0.4, 0.5) is 9.59 Å². The molecule has 296 valence electrons. The number of amides is 4. The second kappa shape index (κ2) is 16.8. The highest BCUT2D eigenvalue weighted by atomic mass is 16.5. The van der Waals surface area contributed by atoms with Gasteiger partial charge in [0, 0.05) is 24.0 Å². The monoisotopic (exact) mass is 765 g/mol. The van der Waals surface area contributed by atoms with Crippen molar-refractivity contribution >= 4 is 34.9 Å². The average Bonchev–Trinajstić information content (AvgIpc) is 4.00. The van der Waals surface area contributed by atoms with Gasteiger partial charge in [-0.3, -0.25) is 9.59 Å². The minimum absolute atomic E-state index is 0.125. The van der Waals surface area contributed by atoms with E-state index >= 15 is 0 Å². The van der Waals surface area contributed by atoms with Gasteiger partial charge in [-0.25, -0.2) is 24.5 Å². The molecular weight excluding hydrogens is 715 g/mol. The maximum Gasteiger partial charge on any atom is 0.407 e. The van der Waals surface area contributed by atoms with Crippen molar-refractivity contribution in [2.45, 2.75) is 78.6 Å². The summed E-state index contributed by atoms with van der Waals surface area (Å²) in [6, 6.07) is 7.83. The molecule has 5 heterocycles. The molecule has 2 fully saturated rings. The van der Waals surface area contributed by atoms with Crippen molar-refractivity contribution in [1.82, 2.24) is 45.4 Å². The zero-order chi connectivity index (χ0) is 40.3. The van der Waals surface area contributed by atoms with Crippen LogP contribution in [0.1, 0.15) is 89.5 Å². The molecular formula is C41H51N9O6. The number of aromatic nitrogens is 5. The summed E-state index contributed by atoms with van der Waals surface area (Å²) in [5, 5.41) is 6.31. The number of imidazole rings is 2. The van der Waals surface area contributed by atoms with Crippen LogP contribution in [-0.2, 0) is 19.1 Å². The summed E-state index contributed by atoms with van der Waals surface area (Å²) in [5.74, 6) is 7.54. The van der Waals surface area contributed by atoms with Gasteiger partial charge in [-0.15, -0.1) is 0 Å². The molecule has 4 amide bonds. The van der Waals surface area contributed by atoms with Crippen LogP contribution in [0.25, 0.3) is 22.2 Å². The van der Waals surface area contributed by atoms with Crippen LogP contribution in [0.15, 0.2) is 42.7 Å². The highest BCUT2D eigenvalue weighted by molar-refractivity contribution is 5.87. The molecule has 15 nitrogen and oxygen atoms in total. The van der Waals surface area contributed by atoms with E-state index in [-0.39, 0.29) is 47.6 Å². The zero-order valence-electron chi connectivity index (χ0n) is 33.2. The van der Waals surface area contributed by atoms with Crippen LogP contribution in [0, 0.1) is 35.5 Å². The number of nitrogens with one attached hydrogen (secondary N) is 4. The van der Waals surface area contributed by atoms with Crippen molar-refractivity contribution in [2.24, 2.45) is 23.7 Å². The fraction of sp³-hybridized carbons (Fsp3) is 0.488. The third-order valence-electron chi connectivity index (χ3n) is 10.5. The standard InChI is InChI=1S/C41H51N9O6/c1-22(2)34(47-40(53)55-7)38(51)49-20-24(5)15-32(49)36-42-18-29(45-36)13-12-28-11-9-26-17-27(10-14-30(26)44-28)31-19-43-37(46-31)33-16-25(6)21-50(33)39(52)35(23(3)4)48-41(54)56-8/h9-11,14,17-19,22-25,32-35H,15-16,20-21H2,1-8H3,(H,42,45)(H,43,46)(H,47,53)(H,48,54)/t24-,25-,32-,33-,34-,35-/m0/s1. The summed E-state index contributed by atoms with van der Waals surface area (Å²) in [7, 11) is 2.56. The minimum atomic E-state index is -0.720. The molecule has 3 aromatic heterocycles. The SMILES string of the molecule is COC(=O)N[C@H](C(=O)N1C[C@@H](C)C[C@H]1c1ncc(C#Cc2ccc3cc(-c4cnc([C@@H]5C[C@H](C)CN5C(=O)[C@@H](NC(=O)OC)C(C)C)[nH]4)ccc3n2)[nH]1)C(C)C. The van der Waals surface area contributed by atoms with E-state index in [1.54, 1.807) is 17.3 Å². The Morgan fingerprint density at radius 2 is 1.32 bits per heavy atom. The second-order valence-corrected chi connectivity index (χ2v) is 15.6. The summed E-state index contributed by atoms with van der Waals surface area (Å²) >= 11 is 0. The van der Waals surface area contributed by atoms with Gasteiger partial charge in [-0.05, 0) is 72.6 Å². The zero-order valence-corrected chi connectivity index (χ0v) is 33.2. The Morgan fingerprint density at radius 3 is 1.88 bits per heavy atom. The van der Waals surface area contributed by atoms with Crippen LogP contribution in [-0.4, -0.2) is 98.1 Å². The topological polar surface area (TPSA) is 188 Å². The van der Waals surface area contributed by atoms with E-state index in [0.717, 1.165) is 35.0 Å². The molecule has 0 unspecified atom stereocenters. The quantitative estimate of drug-likeness (QED) is 0.164. The Morgan fingerprint density at radius 1 is 0.768 bits per heavy atom. The molecule has 0 spiro atoms. The Kier molecular flexibility index (Phi) is 12.0. The molecule has 4 aromatic rings. The number of pyridine rings is 1. The van der Waals surface area contributed by atoms with Gasteiger partial charge in [0.25, 0.3) is 0 Å². The third-order valence-corrected chi connectivity index (χ3v) is 10.5. The number of likely N-dealkylation sites (tertiary alicyclic amines) is 2. The van der Waals surface area contributed by atoms with Crippen molar-refractivity contribution in [3.05, 3.63) is 65.8 Å². The number of carbonyl (C=O) groups is 4. The highest BCUT2D eigenvalue weighted by Gasteiger charge is 2.41. The van der Waals surface area contributed by atoms with Gasteiger partial charge < -0.3 is 39.9 Å². The maximum atomic E-state index is 13.7. The summed E-state index contributed by atoms with van der Waals surface area (Å²) < 4.78 is 9.53. The van der Waals surface area contributed by atoms with Crippen molar-refractivity contribution in [3.63, 3.8) is 0 Å². The van der Waals surface area contributed by atoms with Gasteiger partial charge in [-0.2, -0.15) is 0 Å². The van der Waals surface area contributed by atoms with E-state index in [1.807, 2.05) is 62.9 Å². The molecule has 1 aromatic carbocycles. The van der Waals surface area contributed by atoms with E-state index in [2.05, 4.69) is 51.3 Å². The smallest absolute Gasteiger partial charge is 0.407 e. The number of fused-ring (bicyclic) bond motifs is 1. The number of H-pyrrole nitrogens is 2. The fourth-order valence-electron chi connectivity index (χ4n) is 7.57. The Balaban J connectivity index is 1.15. The lowest BCUT2D eigenvalue weighted by Gasteiger charge is -2.30. The Labute approximate surface area is 326 Å². The number of ether oxygens (including phenoxy) is 2. The number of methoxy groups -OCH3 is 2. The molecule has 0 radical (unpaired) electrons. The molecule has 4 N–H and O–H groups in total. The maximum absolute atomic E-state index is 13.7. The molecule has 0 saturated carbocycles. The van der Waals surface area contributed by atoms with E-state index < -0.39 is 24.3 Å². The Hall–Kier alpha value is -5.91. The minimum Gasteiger partial charge on any atom is -0.453 e. The number of benzene rings is 1. The van der Waals surface area contributed by atoms with Gasteiger partial charge in [0.1, 0.15) is 35.1 Å². The summed E-state index contributed by atoms with van der Waals surface area (Å²) in [4.78, 5) is 75.7. The van der Waals surface area contributed by atoms with Crippen LogP contribution in [0.5, 0.6) is 0 Å². The number of nitrogens with zero attached hydrogens (tertiary/aromatic N) is 5. The highest BCUT2D eigenvalue weighted by Crippen LogP contribution is 2.37. The predicted molar refractivity (Wildman–Crippen MR) is 209 cm³/mol. The lowest BCUT2D eigenvalue weighted by Crippen LogP contribution is -2.51. The van der Waals surface area contributed by atoms with E-state index in [1.165, 1.54) is 14.2 Å². The number of carbonyl (C=O) groups excluding carboxylic acids is 4. The molecule has 2 aliphatic heterocycles. The second-order valence-electron chi connectivity index (χ2n) is 15.6. The van der Waals surface area contributed by atoms with Crippen LogP contribution in [0.2, 0.25) is 0 Å². The van der Waals surface area contributed by atoms with Crippen molar-refractivity contribution in [2.75, 3.05) is 27.3 Å². The van der Waals surface area contributed by atoms with Crippen LogP contribution >= 0.6 is 0 Å². The first-order chi connectivity index (χ1) is 26.8. The van der Waals surface area contributed by atoms with E-state index in [9.17, 15) is 19.2 Å². The van der Waals surface area contributed by atoms with Crippen molar-refractivity contribution < 1.29 is 28.7 Å². The first-order valence-corrected chi connectivity index (χ1v) is 19.1. The first kappa shape index (κ1) is 39.8. The first-order valence-electron chi connectivity index (χ1n) is 19.1. The van der Waals surface area contributed by atoms with Gasteiger partial charge in [0.2, 0.25) is 11.8 Å². The number of hydrogen-bond acceptors (Lipinski definition) is 9. The van der Waals surface area contributed by atoms with Crippen LogP contribution < -0.4 is 10.6 Å². The lowest BCUT2D eigenvalue weighted by atomic mass is 10.0. The molecule has 56 heavy (non-hydrogen) atoms. The van der Waals surface area contributed by atoms with Gasteiger partial charge in [-0.1, -0.05) is 47.6 Å². The molecule has 0 aliphatic carbocycles. The normalized spacial score (nSPS) is 20.5. The molecule has 6 atom stereocenters. The lowest BCUT2D eigenvalue weighted by molar-refractivity contribution is -0.136. The number of rotatable bonds is 9. The average molecular weight is 766 g/mol. The fourth-order valence-corrected chi connectivity index (χ4v) is 7.57. The number of alkyl carbamates (subject to hydrolysis) is 2. The van der Waals surface area contributed by atoms with Crippen molar-refractivity contribution in [1.29, 1.82) is 0 Å². The van der Waals surface area contributed by atoms with Gasteiger partial charge in [0.15, 0.2) is 0 Å². The van der Waals surface area contributed by atoms with Crippen molar-refractivity contribution in [3.8, 4) is 23.1 Å².